The van der Waals surface area contributed by atoms with Gasteiger partial charge in [-0.15, -0.1) is 0 Å². The number of aliphatic hydroxyl groups excluding tert-OH is 1. The first-order chi connectivity index (χ1) is 8.20. The molecule has 0 heterocycles. The van der Waals surface area contributed by atoms with Crippen LogP contribution in [0, 0.1) is 0 Å². The predicted octanol–water partition coefficient (Wildman–Crippen LogP) is 2.88. The lowest BCUT2D eigenvalue weighted by molar-refractivity contribution is 0.154. The second-order valence-electron chi connectivity index (χ2n) is 4.67. The zero-order valence-electron chi connectivity index (χ0n) is 10.5. The summed E-state index contributed by atoms with van der Waals surface area (Å²) in [6.45, 7) is 0. The normalized spacial score (nSPS) is 18.8. The molecule has 0 aliphatic heterocycles. The lowest BCUT2D eigenvalue weighted by Crippen LogP contribution is -2.25. The van der Waals surface area contributed by atoms with E-state index in [2.05, 4.69) is 18.4 Å². The number of aliphatic hydroxyl groups is 1. The van der Waals surface area contributed by atoms with Crippen LogP contribution in [-0.4, -0.2) is 29.3 Å². The van der Waals surface area contributed by atoms with Gasteiger partial charge < -0.3 is 9.84 Å². The fraction of sp³-hybridized carbons (Fsp3) is 0.571. The van der Waals surface area contributed by atoms with E-state index in [0.29, 0.717) is 0 Å². The Morgan fingerprint density at radius 2 is 2.00 bits per heavy atom. The van der Waals surface area contributed by atoms with Crippen molar-refractivity contribution in [2.75, 3.05) is 13.4 Å². The van der Waals surface area contributed by atoms with Gasteiger partial charge in [0.15, 0.2) is 0 Å². The average molecular weight is 252 g/mol. The molecule has 1 aromatic rings. The number of hydrogen-bond donors (Lipinski definition) is 1. The molecule has 1 aromatic carbocycles. The van der Waals surface area contributed by atoms with Crippen LogP contribution in [0.5, 0.6) is 5.75 Å². The van der Waals surface area contributed by atoms with Crippen LogP contribution in [0.25, 0.3) is 0 Å². The summed E-state index contributed by atoms with van der Waals surface area (Å²) in [5, 5.41) is 10.2. The summed E-state index contributed by atoms with van der Waals surface area (Å²) in [5.74, 6) is 0.886. The highest BCUT2D eigenvalue weighted by molar-refractivity contribution is 8.00. The molecule has 94 valence electrons. The number of thioether (sulfide) groups is 1. The van der Waals surface area contributed by atoms with Crippen molar-refractivity contribution < 1.29 is 9.84 Å². The minimum atomic E-state index is -0.167. The first-order valence-corrected chi connectivity index (χ1v) is 7.29. The topological polar surface area (TPSA) is 29.5 Å². The molecule has 0 aromatic heterocycles. The molecule has 2 rings (SSSR count). The van der Waals surface area contributed by atoms with E-state index < -0.39 is 0 Å². The van der Waals surface area contributed by atoms with Gasteiger partial charge in [-0.25, -0.2) is 0 Å². The maximum Gasteiger partial charge on any atom is 0.118 e. The summed E-state index contributed by atoms with van der Waals surface area (Å²) in [6, 6.07) is 8.10. The molecule has 1 fully saturated rings. The number of hydrogen-bond acceptors (Lipinski definition) is 3. The number of ether oxygens (including phenoxy) is 1. The van der Waals surface area contributed by atoms with Gasteiger partial charge in [-0.1, -0.05) is 12.1 Å². The van der Waals surface area contributed by atoms with Crippen molar-refractivity contribution in [2.24, 2.45) is 0 Å². The Morgan fingerprint density at radius 3 is 2.47 bits per heavy atom. The van der Waals surface area contributed by atoms with Crippen LogP contribution < -0.4 is 4.74 Å². The number of methoxy groups -OCH3 is 1. The van der Waals surface area contributed by atoms with Crippen LogP contribution in [0.3, 0.4) is 0 Å². The van der Waals surface area contributed by atoms with Gasteiger partial charge in [0.05, 0.1) is 13.2 Å². The summed E-state index contributed by atoms with van der Waals surface area (Å²) < 4.78 is 5.30. The molecule has 0 amide bonds. The van der Waals surface area contributed by atoms with Crippen LogP contribution in [0.1, 0.15) is 24.8 Å². The van der Waals surface area contributed by atoms with E-state index in [9.17, 15) is 5.11 Å². The Kier molecular flexibility index (Phi) is 4.00. The van der Waals surface area contributed by atoms with E-state index in [4.69, 9.17) is 4.74 Å². The largest absolute Gasteiger partial charge is 0.497 e. The molecular weight excluding hydrogens is 232 g/mol. The lowest BCUT2D eigenvalue weighted by atomic mass is 10.0. The Labute approximate surface area is 107 Å². The molecule has 0 saturated heterocycles. The molecule has 1 unspecified atom stereocenters. The van der Waals surface area contributed by atoms with E-state index >= 15 is 0 Å². The monoisotopic (exact) mass is 252 g/mol. The smallest absolute Gasteiger partial charge is 0.118 e. The summed E-state index contributed by atoms with van der Waals surface area (Å²) in [4.78, 5) is 0. The van der Waals surface area contributed by atoms with Crippen LogP contribution in [0.15, 0.2) is 24.3 Å². The average Bonchev–Trinajstić information content (AvgIpc) is 3.17. The molecule has 1 saturated carbocycles. The van der Waals surface area contributed by atoms with Gasteiger partial charge >= 0.3 is 0 Å². The van der Waals surface area contributed by atoms with Crippen molar-refractivity contribution in [1.29, 1.82) is 0 Å². The van der Waals surface area contributed by atoms with Crippen LogP contribution in [0.2, 0.25) is 0 Å². The molecule has 0 bridgehead atoms. The number of aryl methyl sites for hydroxylation is 1. The molecule has 1 atom stereocenters. The van der Waals surface area contributed by atoms with Crippen molar-refractivity contribution in [3.63, 3.8) is 0 Å². The van der Waals surface area contributed by atoms with Crippen molar-refractivity contribution in [3.05, 3.63) is 29.8 Å². The summed E-state index contributed by atoms with van der Waals surface area (Å²) in [5.41, 5.74) is 1.27. The second kappa shape index (κ2) is 5.32. The second-order valence-corrected chi connectivity index (χ2v) is 5.89. The predicted molar refractivity (Wildman–Crippen MR) is 72.8 cm³/mol. The van der Waals surface area contributed by atoms with Gasteiger partial charge in [-0.3, -0.25) is 0 Å². The van der Waals surface area contributed by atoms with Gasteiger partial charge in [0.1, 0.15) is 5.75 Å². The third-order valence-electron chi connectivity index (χ3n) is 3.62. The van der Waals surface area contributed by atoms with Gasteiger partial charge in [-0.05, 0) is 49.6 Å². The van der Waals surface area contributed by atoms with E-state index in [1.54, 1.807) is 7.11 Å². The van der Waals surface area contributed by atoms with E-state index in [0.717, 1.165) is 31.4 Å². The molecule has 17 heavy (non-hydrogen) atoms. The molecule has 1 aliphatic rings. The minimum Gasteiger partial charge on any atom is -0.497 e. The highest BCUT2D eigenvalue weighted by Gasteiger charge is 2.47. The fourth-order valence-corrected chi connectivity index (χ4v) is 3.06. The zero-order chi connectivity index (χ0) is 12.3. The third-order valence-corrected chi connectivity index (χ3v) is 5.12. The van der Waals surface area contributed by atoms with Gasteiger partial charge in [0.2, 0.25) is 0 Å². The van der Waals surface area contributed by atoms with Crippen LogP contribution >= 0.6 is 11.8 Å². The van der Waals surface area contributed by atoms with E-state index in [-0.39, 0.29) is 10.9 Å². The van der Waals surface area contributed by atoms with Gasteiger partial charge in [0.25, 0.3) is 0 Å². The minimum absolute atomic E-state index is 0.167. The fourth-order valence-electron chi connectivity index (χ4n) is 2.16. The maximum atomic E-state index is 10.2. The maximum absolute atomic E-state index is 10.2. The van der Waals surface area contributed by atoms with Crippen molar-refractivity contribution >= 4 is 11.8 Å². The quantitative estimate of drug-likeness (QED) is 0.844. The molecule has 2 nitrogen and oxygen atoms in total. The van der Waals surface area contributed by atoms with Gasteiger partial charge in [-0.2, -0.15) is 11.8 Å². The Balaban J connectivity index is 1.85. The van der Waals surface area contributed by atoms with Crippen molar-refractivity contribution in [1.82, 2.24) is 0 Å². The number of benzene rings is 1. The molecule has 3 heteroatoms. The van der Waals surface area contributed by atoms with E-state index in [1.807, 2.05) is 23.9 Å². The molecule has 0 spiro atoms. The highest BCUT2D eigenvalue weighted by Crippen LogP contribution is 2.50. The standard InChI is InChI=1S/C14H20O2S/c1-16-12-6-3-11(4-7-12)5-8-13(15)14(17-2)9-10-14/h3-4,6-7,13,15H,5,8-10H2,1-2H3. The summed E-state index contributed by atoms with van der Waals surface area (Å²) >= 11 is 1.82. The Hall–Kier alpha value is -0.670. The van der Waals surface area contributed by atoms with E-state index in [1.165, 1.54) is 5.56 Å². The molecular formula is C14H20O2S. The van der Waals surface area contributed by atoms with Crippen LogP contribution in [-0.2, 0) is 6.42 Å². The Morgan fingerprint density at radius 1 is 1.35 bits per heavy atom. The molecule has 1 N–H and O–H groups in total. The SMILES string of the molecule is COc1ccc(CCC(O)C2(SC)CC2)cc1. The van der Waals surface area contributed by atoms with Gasteiger partial charge in [0, 0.05) is 4.75 Å². The zero-order valence-corrected chi connectivity index (χ0v) is 11.3. The Bertz CT molecular complexity index is 357. The first kappa shape index (κ1) is 12.8. The molecule has 1 aliphatic carbocycles. The van der Waals surface area contributed by atoms with Crippen molar-refractivity contribution in [3.8, 4) is 5.75 Å². The summed E-state index contributed by atoms with van der Waals surface area (Å²) in [7, 11) is 1.67. The number of rotatable bonds is 6. The lowest BCUT2D eigenvalue weighted by Gasteiger charge is -2.19. The summed E-state index contributed by atoms with van der Waals surface area (Å²) in [6.07, 6.45) is 6.06. The van der Waals surface area contributed by atoms with Crippen LogP contribution in [0.4, 0.5) is 0 Å². The van der Waals surface area contributed by atoms with Crippen molar-refractivity contribution in [2.45, 2.75) is 36.5 Å². The third kappa shape index (κ3) is 2.96. The first-order valence-electron chi connectivity index (χ1n) is 6.06. The molecule has 0 radical (unpaired) electrons. The highest BCUT2D eigenvalue weighted by atomic mass is 32.2.